The van der Waals surface area contributed by atoms with E-state index in [-0.39, 0.29) is 5.57 Å². The van der Waals surface area contributed by atoms with Crippen molar-refractivity contribution < 1.29 is 22.7 Å². The summed E-state index contributed by atoms with van der Waals surface area (Å²) in [6.07, 6.45) is 5.77. The molecule has 1 aromatic heterocycles. The molecule has 7 nitrogen and oxygen atoms in total. The van der Waals surface area contributed by atoms with Gasteiger partial charge < -0.3 is 10.1 Å². The number of benzene rings is 1. The first-order valence-corrected chi connectivity index (χ1v) is 15.0. The van der Waals surface area contributed by atoms with Crippen LogP contribution in [0.5, 0.6) is 5.75 Å². The molecular formula is C27H32N2O5S2. The lowest BCUT2D eigenvalue weighted by molar-refractivity contribution is -0.124. The predicted octanol–water partition coefficient (Wildman–Crippen LogP) is 4.60. The monoisotopic (exact) mass is 528 g/mol. The number of carbonyl (C=O) groups is 2. The summed E-state index contributed by atoms with van der Waals surface area (Å²) >= 11 is 1.59. The number of carbonyl (C=O) groups excluding carboxylic acids is 2. The first kappa shape index (κ1) is 25.0. The van der Waals surface area contributed by atoms with Crippen LogP contribution in [0.25, 0.3) is 5.57 Å². The highest BCUT2D eigenvalue weighted by Crippen LogP contribution is 2.47. The van der Waals surface area contributed by atoms with Crippen molar-refractivity contribution in [2.75, 3.05) is 6.61 Å². The number of hydrogen-bond donors (Lipinski definition) is 2. The zero-order chi connectivity index (χ0) is 25.5. The molecule has 2 aromatic rings. The van der Waals surface area contributed by atoms with E-state index in [2.05, 4.69) is 23.0 Å². The van der Waals surface area contributed by atoms with Crippen LogP contribution in [0.3, 0.4) is 0 Å². The Kier molecular flexibility index (Phi) is 6.72. The van der Waals surface area contributed by atoms with Crippen molar-refractivity contribution in [3.05, 3.63) is 57.3 Å². The minimum absolute atomic E-state index is 0.111. The van der Waals surface area contributed by atoms with Crippen molar-refractivity contribution in [3.8, 4) is 5.75 Å². The standard InChI is InChI=1S/C27H32N2O5S2/c1-3-4-15-34-19-9-7-18(8-10-19)27(2)16-21(23-14-13-22(35-23)17-5-6-17)24(25(30)28-27)26(31)29-36(32,33)20-11-12-20/h7-10,13-14,17,20H,3-6,11-12,15-16H2,1-2H3,(H,28,30)(H,29,31)/t27-/m0/s1. The molecule has 1 aromatic carbocycles. The molecule has 36 heavy (non-hydrogen) atoms. The summed E-state index contributed by atoms with van der Waals surface area (Å²) in [6.45, 7) is 4.70. The van der Waals surface area contributed by atoms with Crippen LogP contribution in [0.4, 0.5) is 0 Å². The molecule has 192 valence electrons. The summed E-state index contributed by atoms with van der Waals surface area (Å²) in [7, 11) is -3.78. The van der Waals surface area contributed by atoms with Gasteiger partial charge in [0, 0.05) is 16.2 Å². The third-order valence-corrected chi connectivity index (χ3v) is 10.2. The van der Waals surface area contributed by atoms with Gasteiger partial charge >= 0.3 is 0 Å². The maximum atomic E-state index is 13.4. The van der Waals surface area contributed by atoms with Gasteiger partial charge in [-0.1, -0.05) is 25.5 Å². The van der Waals surface area contributed by atoms with Crippen LogP contribution in [-0.4, -0.2) is 32.1 Å². The molecule has 0 unspecified atom stereocenters. The van der Waals surface area contributed by atoms with Gasteiger partial charge in [-0.05, 0) is 80.3 Å². The number of thiophene rings is 1. The van der Waals surface area contributed by atoms with Gasteiger partial charge in [0.15, 0.2) is 0 Å². The Balaban J connectivity index is 1.47. The summed E-state index contributed by atoms with van der Waals surface area (Å²) in [5.41, 5.74) is 0.600. The maximum absolute atomic E-state index is 13.4. The molecule has 0 radical (unpaired) electrons. The van der Waals surface area contributed by atoms with Gasteiger partial charge in [0.2, 0.25) is 10.0 Å². The van der Waals surface area contributed by atoms with Crippen LogP contribution in [0.1, 0.15) is 80.0 Å². The molecule has 0 bridgehead atoms. The first-order chi connectivity index (χ1) is 17.2. The second-order valence-corrected chi connectivity index (χ2v) is 13.3. The average molecular weight is 529 g/mol. The highest BCUT2D eigenvalue weighted by molar-refractivity contribution is 7.91. The molecule has 2 fully saturated rings. The number of rotatable bonds is 10. The molecular weight excluding hydrogens is 496 g/mol. The zero-order valence-corrected chi connectivity index (χ0v) is 22.3. The fraction of sp³-hybridized carbons (Fsp3) is 0.481. The van der Waals surface area contributed by atoms with E-state index in [0.29, 0.717) is 37.4 Å². The molecule has 2 amide bonds. The molecule has 3 aliphatic rings. The summed E-state index contributed by atoms with van der Waals surface area (Å²) in [6, 6.07) is 11.7. The molecule has 9 heteroatoms. The minimum Gasteiger partial charge on any atom is -0.494 e. The van der Waals surface area contributed by atoms with E-state index in [9.17, 15) is 18.0 Å². The Morgan fingerprint density at radius 2 is 1.86 bits per heavy atom. The van der Waals surface area contributed by atoms with Crippen molar-refractivity contribution >= 4 is 38.7 Å². The second kappa shape index (κ2) is 9.67. The molecule has 2 heterocycles. The Morgan fingerprint density at radius 1 is 1.14 bits per heavy atom. The normalized spacial score (nSPS) is 22.3. The van der Waals surface area contributed by atoms with Gasteiger partial charge in [-0.3, -0.25) is 9.59 Å². The van der Waals surface area contributed by atoms with E-state index < -0.39 is 32.6 Å². The molecule has 2 aliphatic carbocycles. The first-order valence-electron chi connectivity index (χ1n) is 12.7. The highest BCUT2D eigenvalue weighted by atomic mass is 32.2. The van der Waals surface area contributed by atoms with Gasteiger partial charge in [-0.25, -0.2) is 13.1 Å². The van der Waals surface area contributed by atoms with Crippen molar-refractivity contribution in [3.63, 3.8) is 0 Å². The van der Waals surface area contributed by atoms with Crippen LogP contribution in [0, 0.1) is 0 Å². The molecule has 5 rings (SSSR count). The summed E-state index contributed by atoms with van der Waals surface area (Å²) < 4.78 is 32.9. The topological polar surface area (TPSA) is 102 Å². The van der Waals surface area contributed by atoms with E-state index in [1.807, 2.05) is 37.3 Å². The number of hydrogen-bond acceptors (Lipinski definition) is 6. The van der Waals surface area contributed by atoms with E-state index in [4.69, 9.17) is 4.74 Å². The quantitative estimate of drug-likeness (QED) is 0.347. The van der Waals surface area contributed by atoms with Crippen molar-refractivity contribution in [2.24, 2.45) is 0 Å². The molecule has 0 spiro atoms. The van der Waals surface area contributed by atoms with E-state index >= 15 is 0 Å². The lowest BCUT2D eigenvalue weighted by Crippen LogP contribution is -2.50. The number of unbranched alkanes of at least 4 members (excludes halogenated alkanes) is 1. The summed E-state index contributed by atoms with van der Waals surface area (Å²) in [5, 5.41) is 2.44. The third-order valence-electron chi connectivity index (χ3n) is 7.04. The van der Waals surface area contributed by atoms with E-state index in [1.54, 1.807) is 11.3 Å². The number of nitrogens with one attached hydrogen (secondary N) is 2. The molecule has 0 saturated heterocycles. The largest absolute Gasteiger partial charge is 0.494 e. The van der Waals surface area contributed by atoms with Gasteiger partial charge in [-0.15, -0.1) is 11.3 Å². The smallest absolute Gasteiger partial charge is 0.270 e. The van der Waals surface area contributed by atoms with Gasteiger partial charge in [-0.2, -0.15) is 0 Å². The minimum atomic E-state index is -3.78. The van der Waals surface area contributed by atoms with E-state index in [0.717, 1.165) is 41.9 Å². The molecule has 2 saturated carbocycles. The van der Waals surface area contributed by atoms with Gasteiger partial charge in [0.1, 0.15) is 11.3 Å². The summed E-state index contributed by atoms with van der Waals surface area (Å²) in [4.78, 5) is 28.7. The van der Waals surface area contributed by atoms with Crippen molar-refractivity contribution in [2.45, 2.75) is 75.5 Å². The summed E-state index contributed by atoms with van der Waals surface area (Å²) in [5.74, 6) is -0.100. The Labute approximate surface area is 216 Å². The average Bonchev–Trinajstić information content (AvgIpc) is 3.77. The van der Waals surface area contributed by atoms with Crippen LogP contribution in [0.15, 0.2) is 42.0 Å². The highest BCUT2D eigenvalue weighted by Gasteiger charge is 2.43. The SMILES string of the molecule is CCCCOc1ccc([C@]2(C)CC(c3ccc(C4CC4)s3)=C(C(=O)NS(=O)(=O)C3CC3)C(=O)N2)cc1. The number of ether oxygens (including phenoxy) is 1. The predicted molar refractivity (Wildman–Crippen MR) is 140 cm³/mol. The van der Waals surface area contributed by atoms with Crippen molar-refractivity contribution in [1.29, 1.82) is 0 Å². The Hall–Kier alpha value is -2.65. The lowest BCUT2D eigenvalue weighted by atomic mass is 9.80. The lowest BCUT2D eigenvalue weighted by Gasteiger charge is -2.37. The van der Waals surface area contributed by atoms with Gasteiger partial charge in [0.05, 0.1) is 17.4 Å². The van der Waals surface area contributed by atoms with Crippen LogP contribution in [0.2, 0.25) is 0 Å². The van der Waals surface area contributed by atoms with Crippen LogP contribution < -0.4 is 14.8 Å². The number of sulfonamides is 1. The molecule has 1 aliphatic heterocycles. The third kappa shape index (κ3) is 5.22. The fourth-order valence-electron chi connectivity index (χ4n) is 4.56. The Morgan fingerprint density at radius 3 is 2.50 bits per heavy atom. The fourth-order valence-corrected chi connectivity index (χ4v) is 7.07. The van der Waals surface area contributed by atoms with Crippen LogP contribution >= 0.6 is 11.3 Å². The molecule has 2 N–H and O–H groups in total. The van der Waals surface area contributed by atoms with Crippen molar-refractivity contribution in [1.82, 2.24) is 10.0 Å². The van der Waals surface area contributed by atoms with Gasteiger partial charge in [0.25, 0.3) is 11.8 Å². The Bertz CT molecular complexity index is 1300. The second-order valence-electron chi connectivity index (χ2n) is 10.2. The number of amides is 2. The van der Waals surface area contributed by atoms with E-state index in [1.165, 1.54) is 4.88 Å². The zero-order valence-electron chi connectivity index (χ0n) is 20.6. The van der Waals surface area contributed by atoms with Crippen LogP contribution in [-0.2, 0) is 25.2 Å². The molecule has 1 atom stereocenters. The maximum Gasteiger partial charge on any atom is 0.270 e.